The van der Waals surface area contributed by atoms with Gasteiger partial charge in [0.05, 0.1) is 0 Å². The molecule has 0 amide bonds. The first-order valence-electron chi connectivity index (χ1n) is 5.59. The Kier molecular flexibility index (Phi) is 4.08. The van der Waals surface area contributed by atoms with E-state index < -0.39 is 37.7 Å². The highest BCUT2D eigenvalue weighted by molar-refractivity contribution is 7.89. The molecule has 0 heterocycles. The third-order valence-electron chi connectivity index (χ3n) is 2.83. The maximum Gasteiger partial charge on any atom is 0.246 e. The highest BCUT2D eigenvalue weighted by Gasteiger charge is 2.32. The van der Waals surface area contributed by atoms with Crippen LogP contribution in [-0.2, 0) is 10.0 Å². The summed E-state index contributed by atoms with van der Waals surface area (Å²) in [7, 11) is -4.39. The van der Waals surface area contributed by atoms with Gasteiger partial charge in [-0.1, -0.05) is 0 Å². The number of nitrogens with one attached hydrogen (secondary N) is 1. The smallest absolute Gasteiger partial charge is 0.209 e. The van der Waals surface area contributed by atoms with Crippen LogP contribution in [0, 0.1) is 23.4 Å². The Balaban J connectivity index is 2.19. The van der Waals surface area contributed by atoms with E-state index >= 15 is 0 Å². The molecule has 0 aliphatic heterocycles. The van der Waals surface area contributed by atoms with Crippen molar-refractivity contribution in [2.45, 2.75) is 23.1 Å². The van der Waals surface area contributed by atoms with Gasteiger partial charge in [0.25, 0.3) is 0 Å². The van der Waals surface area contributed by atoms with Gasteiger partial charge in [-0.15, -0.1) is 11.6 Å². The van der Waals surface area contributed by atoms with E-state index in [2.05, 4.69) is 0 Å². The maximum absolute atomic E-state index is 13.4. The lowest BCUT2D eigenvalue weighted by atomic mass is 10.3. The number of alkyl halides is 1. The standard InChI is InChI=1S/C11H11ClF3NO2S/c12-8(6-1-2-6)5-16-19(17,18)11-9(14)3-7(13)4-10(11)15/h3-4,6,8,16H,1-2,5H2. The van der Waals surface area contributed by atoms with Gasteiger partial charge in [-0.2, -0.15) is 0 Å². The summed E-state index contributed by atoms with van der Waals surface area (Å²) in [6, 6.07) is 0.632. The van der Waals surface area contributed by atoms with Crippen molar-refractivity contribution >= 4 is 21.6 Å². The van der Waals surface area contributed by atoms with E-state index in [4.69, 9.17) is 11.6 Å². The molecule has 2 rings (SSSR count). The minimum Gasteiger partial charge on any atom is -0.209 e. The lowest BCUT2D eigenvalue weighted by Gasteiger charge is -2.11. The summed E-state index contributed by atoms with van der Waals surface area (Å²) in [6.45, 7) is -0.120. The molecule has 0 saturated heterocycles. The molecule has 0 bridgehead atoms. The second kappa shape index (κ2) is 5.30. The van der Waals surface area contributed by atoms with E-state index in [1.165, 1.54) is 0 Å². The molecule has 1 atom stereocenters. The molecule has 1 aliphatic rings. The first-order chi connectivity index (χ1) is 8.81. The Morgan fingerprint density at radius 3 is 2.26 bits per heavy atom. The topological polar surface area (TPSA) is 46.2 Å². The highest BCUT2D eigenvalue weighted by atomic mass is 35.5. The molecule has 1 aromatic rings. The molecule has 0 aromatic heterocycles. The van der Waals surface area contributed by atoms with Gasteiger partial charge in [0.15, 0.2) is 4.90 Å². The third kappa shape index (κ3) is 3.40. The maximum atomic E-state index is 13.4. The number of hydrogen-bond acceptors (Lipinski definition) is 2. The predicted molar refractivity (Wildman–Crippen MR) is 63.9 cm³/mol. The zero-order valence-corrected chi connectivity index (χ0v) is 11.2. The van der Waals surface area contributed by atoms with Crippen molar-refractivity contribution in [2.24, 2.45) is 5.92 Å². The first kappa shape index (κ1) is 14.6. The van der Waals surface area contributed by atoms with E-state index in [-0.39, 0.29) is 12.5 Å². The fourth-order valence-corrected chi connectivity index (χ4v) is 3.27. The van der Waals surface area contributed by atoms with Gasteiger partial charge in [0, 0.05) is 24.1 Å². The lowest BCUT2D eigenvalue weighted by molar-refractivity contribution is 0.493. The van der Waals surface area contributed by atoms with Crippen molar-refractivity contribution in [3.05, 3.63) is 29.6 Å². The molecule has 1 aromatic carbocycles. The van der Waals surface area contributed by atoms with Gasteiger partial charge in [0.2, 0.25) is 10.0 Å². The van der Waals surface area contributed by atoms with Crippen LogP contribution in [-0.4, -0.2) is 20.3 Å². The van der Waals surface area contributed by atoms with Crippen LogP contribution in [0.15, 0.2) is 17.0 Å². The summed E-state index contributed by atoms with van der Waals surface area (Å²) in [4.78, 5) is -1.19. The molecule has 1 N–H and O–H groups in total. The first-order valence-corrected chi connectivity index (χ1v) is 7.51. The van der Waals surface area contributed by atoms with Gasteiger partial charge in [0.1, 0.15) is 17.5 Å². The van der Waals surface area contributed by atoms with Gasteiger partial charge in [-0.05, 0) is 18.8 Å². The number of rotatable bonds is 5. The summed E-state index contributed by atoms with van der Waals surface area (Å²) in [5.41, 5.74) is 0. The lowest BCUT2D eigenvalue weighted by Crippen LogP contribution is -2.32. The summed E-state index contributed by atoms with van der Waals surface area (Å²) in [5, 5.41) is -0.415. The van der Waals surface area contributed by atoms with Gasteiger partial charge in [-0.3, -0.25) is 0 Å². The molecule has 0 spiro atoms. The zero-order valence-electron chi connectivity index (χ0n) is 9.67. The second-order valence-corrected chi connectivity index (χ2v) is 6.67. The monoisotopic (exact) mass is 313 g/mol. The summed E-state index contributed by atoms with van der Waals surface area (Å²) < 4.78 is 65.0. The van der Waals surface area contributed by atoms with E-state index in [1.807, 2.05) is 4.72 Å². The Labute approximate surface area is 113 Å². The van der Waals surface area contributed by atoms with Crippen LogP contribution < -0.4 is 4.72 Å². The fraction of sp³-hybridized carbons (Fsp3) is 0.455. The molecule has 1 unspecified atom stereocenters. The van der Waals surface area contributed by atoms with Crippen molar-refractivity contribution in [1.29, 1.82) is 0 Å². The third-order valence-corrected chi connectivity index (χ3v) is 4.82. The summed E-state index contributed by atoms with van der Waals surface area (Å²) in [5.74, 6) is -3.89. The number of benzene rings is 1. The Hall–Kier alpha value is -0.790. The quantitative estimate of drug-likeness (QED) is 0.849. The van der Waals surface area contributed by atoms with Crippen molar-refractivity contribution in [3.63, 3.8) is 0 Å². The molecule has 1 aliphatic carbocycles. The van der Waals surface area contributed by atoms with E-state index in [9.17, 15) is 21.6 Å². The van der Waals surface area contributed by atoms with Crippen LogP contribution in [0.1, 0.15) is 12.8 Å². The molecule has 1 fully saturated rings. The van der Waals surface area contributed by atoms with Gasteiger partial charge < -0.3 is 0 Å². The van der Waals surface area contributed by atoms with Crippen LogP contribution >= 0.6 is 11.6 Å². The summed E-state index contributed by atoms with van der Waals surface area (Å²) >= 11 is 5.90. The molecule has 19 heavy (non-hydrogen) atoms. The van der Waals surface area contributed by atoms with Crippen LogP contribution in [0.3, 0.4) is 0 Å². The number of hydrogen-bond donors (Lipinski definition) is 1. The summed E-state index contributed by atoms with van der Waals surface area (Å²) in [6.07, 6.45) is 1.82. The molecule has 3 nitrogen and oxygen atoms in total. The molecule has 106 valence electrons. The minimum atomic E-state index is -4.39. The van der Waals surface area contributed by atoms with Crippen molar-refractivity contribution < 1.29 is 21.6 Å². The van der Waals surface area contributed by atoms with E-state index in [0.29, 0.717) is 12.1 Å². The van der Waals surface area contributed by atoms with Crippen LogP contribution in [0.4, 0.5) is 13.2 Å². The average Bonchev–Trinajstić information content (AvgIpc) is 3.07. The van der Waals surface area contributed by atoms with E-state index in [0.717, 1.165) is 12.8 Å². The van der Waals surface area contributed by atoms with Crippen molar-refractivity contribution in [1.82, 2.24) is 4.72 Å². The molecular weight excluding hydrogens is 303 g/mol. The zero-order chi connectivity index (χ0) is 14.2. The molecule has 0 radical (unpaired) electrons. The Morgan fingerprint density at radius 2 is 1.79 bits per heavy atom. The van der Waals surface area contributed by atoms with Gasteiger partial charge >= 0.3 is 0 Å². The van der Waals surface area contributed by atoms with Crippen LogP contribution in [0.2, 0.25) is 0 Å². The number of halogens is 4. The highest BCUT2D eigenvalue weighted by Crippen LogP contribution is 2.35. The molecular formula is C11H11ClF3NO2S. The largest absolute Gasteiger partial charge is 0.246 e. The van der Waals surface area contributed by atoms with Crippen molar-refractivity contribution in [3.8, 4) is 0 Å². The predicted octanol–water partition coefficient (Wildman–Crippen LogP) is 2.40. The van der Waals surface area contributed by atoms with E-state index in [1.54, 1.807) is 0 Å². The SMILES string of the molecule is O=S(=O)(NCC(Cl)C1CC1)c1c(F)cc(F)cc1F. The second-order valence-electron chi connectivity index (χ2n) is 4.40. The van der Waals surface area contributed by atoms with Crippen LogP contribution in [0.5, 0.6) is 0 Å². The molecule has 8 heteroatoms. The van der Waals surface area contributed by atoms with Crippen LogP contribution in [0.25, 0.3) is 0 Å². The Morgan fingerprint density at radius 1 is 1.26 bits per heavy atom. The normalized spacial score (nSPS) is 17.5. The van der Waals surface area contributed by atoms with Crippen molar-refractivity contribution in [2.75, 3.05) is 6.54 Å². The number of sulfonamides is 1. The van der Waals surface area contributed by atoms with Gasteiger partial charge in [-0.25, -0.2) is 26.3 Å². The average molecular weight is 314 g/mol. The molecule has 1 saturated carbocycles. The minimum absolute atomic E-state index is 0.120. The Bertz CT molecular complexity index is 567. The fourth-order valence-electron chi connectivity index (χ4n) is 1.67.